The highest BCUT2D eigenvalue weighted by Gasteiger charge is 2.29. The van der Waals surface area contributed by atoms with Crippen molar-refractivity contribution in [3.63, 3.8) is 0 Å². The number of carbonyl (C=O) groups excluding carboxylic acids is 2. The lowest BCUT2D eigenvalue weighted by Crippen LogP contribution is -2.30. The number of unbranched alkanes of at least 4 members (excludes halogenated alkanes) is 2. The van der Waals surface area contributed by atoms with Gasteiger partial charge in [-0.3, -0.25) is 4.72 Å². The van der Waals surface area contributed by atoms with E-state index in [0.717, 1.165) is 25.7 Å². The van der Waals surface area contributed by atoms with Gasteiger partial charge in [0.2, 0.25) is 0 Å². The van der Waals surface area contributed by atoms with E-state index in [0.29, 0.717) is 24.5 Å². The molecule has 0 bridgehead atoms. The Bertz CT molecular complexity index is 1010. The molecule has 180 valence electrons. The highest BCUT2D eigenvalue weighted by Crippen LogP contribution is 2.32. The molecule has 1 N–H and O–H groups in total. The fraction of sp³-hybridized carbons (Fsp3) is 0.417. The number of sulfonamides is 1. The van der Waals surface area contributed by atoms with Crippen molar-refractivity contribution in [3.8, 4) is 0 Å². The molecule has 0 unspecified atom stereocenters. The van der Waals surface area contributed by atoms with Crippen LogP contribution in [0.15, 0.2) is 47.4 Å². The molecule has 0 saturated carbocycles. The van der Waals surface area contributed by atoms with Crippen molar-refractivity contribution >= 4 is 33.3 Å². The van der Waals surface area contributed by atoms with Crippen molar-refractivity contribution in [2.24, 2.45) is 0 Å². The normalized spacial score (nSPS) is 11.0. The van der Waals surface area contributed by atoms with E-state index in [4.69, 9.17) is 9.47 Å². The highest BCUT2D eigenvalue weighted by molar-refractivity contribution is 7.92. The molecule has 0 aliphatic rings. The van der Waals surface area contributed by atoms with Gasteiger partial charge < -0.3 is 14.4 Å². The first-order chi connectivity index (χ1) is 15.8. The summed E-state index contributed by atoms with van der Waals surface area (Å²) in [7, 11) is -1.67. The Kier molecular flexibility index (Phi) is 9.72. The maximum Gasteiger partial charge on any atom is 0.340 e. The molecule has 0 saturated heterocycles. The summed E-state index contributed by atoms with van der Waals surface area (Å²) in [5.41, 5.74) is 0.685. The van der Waals surface area contributed by atoms with E-state index in [1.807, 2.05) is 18.7 Å². The number of methoxy groups -OCH3 is 2. The molecule has 0 aliphatic heterocycles. The van der Waals surface area contributed by atoms with Gasteiger partial charge in [-0.2, -0.15) is 0 Å². The first-order valence-corrected chi connectivity index (χ1v) is 12.4. The summed E-state index contributed by atoms with van der Waals surface area (Å²) in [5, 5.41) is 0. The molecule has 8 nitrogen and oxygen atoms in total. The van der Waals surface area contributed by atoms with Gasteiger partial charge in [0.25, 0.3) is 10.0 Å². The highest BCUT2D eigenvalue weighted by atomic mass is 32.2. The van der Waals surface area contributed by atoms with Crippen LogP contribution in [0.25, 0.3) is 0 Å². The molecule has 0 radical (unpaired) electrons. The van der Waals surface area contributed by atoms with E-state index in [1.165, 1.54) is 26.4 Å². The number of nitrogens with one attached hydrogen (secondary N) is 1. The molecule has 0 aromatic heterocycles. The topological polar surface area (TPSA) is 102 Å². The standard InChI is InChI=1S/C24H32N2O6S/c1-5-7-14-26(15-8-6-2)22-20(23(27)31-3)16-19(17-21(22)24(28)32-4)33(29,30)25-18-12-10-9-11-13-18/h9-13,16-17,25H,5-8,14-15H2,1-4H3. The molecular formula is C24H32N2O6S. The van der Waals surface area contributed by atoms with Crippen molar-refractivity contribution in [1.29, 1.82) is 0 Å². The van der Waals surface area contributed by atoms with Gasteiger partial charge in [-0.25, -0.2) is 18.0 Å². The van der Waals surface area contributed by atoms with Crippen LogP contribution in [0, 0.1) is 0 Å². The van der Waals surface area contributed by atoms with Crippen LogP contribution in [0.2, 0.25) is 0 Å². The van der Waals surface area contributed by atoms with Gasteiger partial charge in [-0.15, -0.1) is 0 Å². The second-order valence-electron chi connectivity index (χ2n) is 7.52. The Morgan fingerprint density at radius 1 is 0.879 bits per heavy atom. The van der Waals surface area contributed by atoms with Crippen LogP contribution in [-0.4, -0.2) is 47.7 Å². The minimum atomic E-state index is -4.10. The van der Waals surface area contributed by atoms with Gasteiger partial charge in [-0.05, 0) is 37.1 Å². The van der Waals surface area contributed by atoms with Gasteiger partial charge in [0.05, 0.1) is 35.9 Å². The molecule has 9 heteroatoms. The van der Waals surface area contributed by atoms with Gasteiger partial charge in [0.15, 0.2) is 0 Å². The Balaban J connectivity index is 2.72. The summed E-state index contributed by atoms with van der Waals surface area (Å²) in [6.07, 6.45) is 3.50. The smallest absolute Gasteiger partial charge is 0.340 e. The van der Waals surface area contributed by atoms with Gasteiger partial charge in [0, 0.05) is 18.8 Å². The zero-order valence-electron chi connectivity index (χ0n) is 19.6. The van der Waals surface area contributed by atoms with Crippen LogP contribution in [0.1, 0.15) is 60.2 Å². The number of ether oxygens (including phenoxy) is 2. The molecule has 0 atom stereocenters. The van der Waals surface area contributed by atoms with Gasteiger partial charge >= 0.3 is 11.9 Å². The fourth-order valence-electron chi connectivity index (χ4n) is 3.39. The molecule has 33 heavy (non-hydrogen) atoms. The Morgan fingerprint density at radius 2 is 1.36 bits per heavy atom. The Hall–Kier alpha value is -3.07. The molecule has 2 aromatic carbocycles. The third-order valence-electron chi connectivity index (χ3n) is 5.11. The first-order valence-electron chi connectivity index (χ1n) is 11.0. The molecule has 0 fully saturated rings. The number of hydrogen-bond donors (Lipinski definition) is 1. The monoisotopic (exact) mass is 476 g/mol. The van der Waals surface area contributed by atoms with Crippen molar-refractivity contribution in [1.82, 2.24) is 0 Å². The average Bonchev–Trinajstić information content (AvgIpc) is 2.82. The maximum absolute atomic E-state index is 13.1. The average molecular weight is 477 g/mol. The molecule has 0 aliphatic carbocycles. The number of rotatable bonds is 12. The number of carbonyl (C=O) groups is 2. The lowest BCUT2D eigenvalue weighted by atomic mass is 10.0. The zero-order valence-corrected chi connectivity index (χ0v) is 20.4. The fourth-order valence-corrected chi connectivity index (χ4v) is 4.50. The van der Waals surface area contributed by atoms with Gasteiger partial charge in [-0.1, -0.05) is 44.9 Å². The number of benzene rings is 2. The predicted octanol–water partition coefficient (Wildman–Crippen LogP) is 4.47. The van der Waals surface area contributed by atoms with Crippen LogP contribution >= 0.6 is 0 Å². The summed E-state index contributed by atoms with van der Waals surface area (Å²) < 4.78 is 38.6. The third-order valence-corrected chi connectivity index (χ3v) is 6.47. The van der Waals surface area contributed by atoms with E-state index in [2.05, 4.69) is 4.72 Å². The summed E-state index contributed by atoms with van der Waals surface area (Å²) in [6.45, 7) is 5.29. The largest absolute Gasteiger partial charge is 0.465 e. The van der Waals surface area contributed by atoms with Crippen molar-refractivity contribution in [2.45, 2.75) is 44.4 Å². The van der Waals surface area contributed by atoms with Crippen LogP contribution in [0.5, 0.6) is 0 Å². The molecule has 0 spiro atoms. The second-order valence-corrected chi connectivity index (χ2v) is 9.20. The third kappa shape index (κ3) is 6.71. The number of hydrogen-bond acceptors (Lipinski definition) is 7. The van der Waals surface area contributed by atoms with Crippen LogP contribution in [0.3, 0.4) is 0 Å². The maximum atomic E-state index is 13.1. The quantitative estimate of drug-likeness (QED) is 0.451. The van der Waals surface area contributed by atoms with Gasteiger partial charge in [0.1, 0.15) is 0 Å². The Morgan fingerprint density at radius 3 is 1.79 bits per heavy atom. The van der Waals surface area contributed by atoms with Crippen molar-refractivity contribution in [2.75, 3.05) is 36.9 Å². The minimum absolute atomic E-state index is 0.000966. The molecule has 2 aromatic rings. The lowest BCUT2D eigenvalue weighted by Gasteiger charge is -2.29. The minimum Gasteiger partial charge on any atom is -0.465 e. The van der Waals surface area contributed by atoms with Crippen molar-refractivity contribution < 1.29 is 27.5 Å². The van der Waals surface area contributed by atoms with Crippen LogP contribution in [0.4, 0.5) is 11.4 Å². The summed E-state index contributed by atoms with van der Waals surface area (Å²) in [6, 6.07) is 10.9. The molecule has 0 amide bonds. The second kappa shape index (κ2) is 12.2. The summed E-state index contributed by atoms with van der Waals surface area (Å²) in [5.74, 6) is -1.46. The molecular weight excluding hydrogens is 444 g/mol. The van der Waals surface area contributed by atoms with E-state index < -0.39 is 22.0 Å². The number of para-hydroxylation sites is 1. The zero-order chi connectivity index (χ0) is 24.4. The van der Waals surface area contributed by atoms with E-state index in [9.17, 15) is 18.0 Å². The Labute approximate surface area is 195 Å². The molecule has 0 heterocycles. The number of anilines is 2. The van der Waals surface area contributed by atoms with E-state index >= 15 is 0 Å². The predicted molar refractivity (Wildman–Crippen MR) is 128 cm³/mol. The van der Waals surface area contributed by atoms with Crippen molar-refractivity contribution in [3.05, 3.63) is 53.6 Å². The lowest BCUT2D eigenvalue weighted by molar-refractivity contribution is 0.0600. The number of esters is 2. The number of nitrogens with zero attached hydrogens (tertiary/aromatic N) is 1. The van der Waals surface area contributed by atoms with Crippen LogP contribution in [-0.2, 0) is 19.5 Å². The van der Waals surface area contributed by atoms with E-state index in [1.54, 1.807) is 30.3 Å². The van der Waals surface area contributed by atoms with Crippen LogP contribution < -0.4 is 9.62 Å². The molecule has 2 rings (SSSR count). The SMILES string of the molecule is CCCCN(CCCC)c1c(C(=O)OC)cc(S(=O)(=O)Nc2ccccc2)cc1C(=O)OC. The summed E-state index contributed by atoms with van der Waals surface area (Å²) >= 11 is 0. The summed E-state index contributed by atoms with van der Waals surface area (Å²) in [4.78, 5) is 27.2. The van der Waals surface area contributed by atoms with E-state index in [-0.39, 0.29) is 16.0 Å². The first kappa shape index (κ1) is 26.2.